The molecule has 0 heterocycles. The molecule has 2 rings (SSSR count). The number of esters is 2. The second kappa shape index (κ2) is 6.36. The van der Waals surface area contributed by atoms with Crippen LogP contribution in [0.3, 0.4) is 0 Å². The minimum Gasteiger partial charge on any atom is -0.469 e. The molecule has 1 aliphatic carbocycles. The first-order chi connectivity index (χ1) is 9.22. The standard InChI is InChI=1S/C15H18O4/c1-18-14(16)12-8-5-9-13(12)15(17)19-10-11-6-3-2-4-7-11/h2-4,6-7,12-13H,5,8-10H2,1H3/t12-,13-/m0/s1. The molecule has 1 saturated carbocycles. The Bertz CT molecular complexity index is 441. The van der Waals surface area contributed by atoms with Crippen molar-refractivity contribution >= 4 is 11.9 Å². The van der Waals surface area contributed by atoms with Crippen LogP contribution in [0.25, 0.3) is 0 Å². The molecule has 1 fully saturated rings. The van der Waals surface area contributed by atoms with Crippen LogP contribution in [0.1, 0.15) is 24.8 Å². The van der Waals surface area contributed by atoms with Gasteiger partial charge in [0.2, 0.25) is 0 Å². The number of hydrogen-bond acceptors (Lipinski definition) is 4. The molecule has 19 heavy (non-hydrogen) atoms. The second-order valence-electron chi connectivity index (χ2n) is 4.76. The molecule has 0 N–H and O–H groups in total. The van der Waals surface area contributed by atoms with E-state index < -0.39 is 0 Å². The lowest BCUT2D eigenvalue weighted by molar-refractivity contribution is -0.158. The fourth-order valence-corrected chi connectivity index (χ4v) is 2.51. The van der Waals surface area contributed by atoms with Gasteiger partial charge in [-0.05, 0) is 18.4 Å². The van der Waals surface area contributed by atoms with Crippen LogP contribution < -0.4 is 0 Å². The largest absolute Gasteiger partial charge is 0.469 e. The van der Waals surface area contributed by atoms with Crippen molar-refractivity contribution in [2.75, 3.05) is 7.11 Å². The lowest BCUT2D eigenvalue weighted by Gasteiger charge is -2.16. The van der Waals surface area contributed by atoms with Crippen LogP contribution in [-0.2, 0) is 25.7 Å². The Morgan fingerprint density at radius 3 is 2.37 bits per heavy atom. The maximum absolute atomic E-state index is 12.0. The second-order valence-corrected chi connectivity index (χ2v) is 4.76. The third-order valence-corrected chi connectivity index (χ3v) is 3.55. The van der Waals surface area contributed by atoms with Crippen molar-refractivity contribution < 1.29 is 19.1 Å². The number of ether oxygens (including phenoxy) is 2. The van der Waals surface area contributed by atoms with Crippen LogP contribution in [-0.4, -0.2) is 19.0 Å². The van der Waals surface area contributed by atoms with E-state index in [4.69, 9.17) is 9.47 Å². The zero-order valence-electron chi connectivity index (χ0n) is 11.0. The van der Waals surface area contributed by atoms with Crippen molar-refractivity contribution in [3.05, 3.63) is 35.9 Å². The van der Waals surface area contributed by atoms with E-state index in [1.165, 1.54) is 7.11 Å². The Kier molecular flexibility index (Phi) is 4.55. The minimum absolute atomic E-state index is 0.254. The van der Waals surface area contributed by atoms with Crippen LogP contribution in [0.2, 0.25) is 0 Å². The van der Waals surface area contributed by atoms with Crippen molar-refractivity contribution in [1.29, 1.82) is 0 Å². The first-order valence-electron chi connectivity index (χ1n) is 6.50. The molecule has 0 amide bonds. The quantitative estimate of drug-likeness (QED) is 0.781. The Morgan fingerprint density at radius 1 is 1.11 bits per heavy atom. The molecule has 4 nitrogen and oxygen atoms in total. The molecule has 1 aliphatic rings. The summed E-state index contributed by atoms with van der Waals surface area (Å²) in [5, 5.41) is 0. The van der Waals surface area contributed by atoms with Gasteiger partial charge in [-0.15, -0.1) is 0 Å². The van der Waals surface area contributed by atoms with E-state index in [0.717, 1.165) is 12.0 Å². The van der Waals surface area contributed by atoms with Gasteiger partial charge >= 0.3 is 11.9 Å². The molecule has 0 radical (unpaired) electrons. The van der Waals surface area contributed by atoms with Gasteiger partial charge in [0.25, 0.3) is 0 Å². The smallest absolute Gasteiger partial charge is 0.310 e. The van der Waals surface area contributed by atoms with Gasteiger partial charge in [0.05, 0.1) is 18.9 Å². The Hall–Kier alpha value is -1.84. The number of carbonyl (C=O) groups is 2. The number of rotatable bonds is 4. The summed E-state index contributed by atoms with van der Waals surface area (Å²) in [5.74, 6) is -1.29. The van der Waals surface area contributed by atoms with Crippen LogP contribution in [0.4, 0.5) is 0 Å². The first-order valence-corrected chi connectivity index (χ1v) is 6.50. The molecule has 102 valence electrons. The number of benzene rings is 1. The minimum atomic E-state index is -0.351. The zero-order chi connectivity index (χ0) is 13.7. The van der Waals surface area contributed by atoms with Crippen LogP contribution in [0, 0.1) is 11.8 Å². The maximum atomic E-state index is 12.0. The summed E-state index contributed by atoms with van der Waals surface area (Å²) >= 11 is 0. The zero-order valence-corrected chi connectivity index (χ0v) is 11.0. The summed E-state index contributed by atoms with van der Waals surface area (Å²) in [6.45, 7) is 0.254. The van der Waals surface area contributed by atoms with Gasteiger partial charge in [0.1, 0.15) is 6.61 Å². The monoisotopic (exact) mass is 262 g/mol. The van der Waals surface area contributed by atoms with Crippen molar-refractivity contribution in [1.82, 2.24) is 0 Å². The van der Waals surface area contributed by atoms with Gasteiger partial charge in [-0.2, -0.15) is 0 Å². The highest BCUT2D eigenvalue weighted by atomic mass is 16.5. The maximum Gasteiger partial charge on any atom is 0.310 e. The van der Waals surface area contributed by atoms with Gasteiger partial charge in [-0.1, -0.05) is 36.8 Å². The fourth-order valence-electron chi connectivity index (χ4n) is 2.51. The highest BCUT2D eigenvalue weighted by Crippen LogP contribution is 2.33. The fraction of sp³-hybridized carbons (Fsp3) is 0.467. The summed E-state index contributed by atoms with van der Waals surface area (Å²) < 4.78 is 10.0. The van der Waals surface area contributed by atoms with Crippen LogP contribution in [0.15, 0.2) is 30.3 Å². The van der Waals surface area contributed by atoms with E-state index in [0.29, 0.717) is 12.8 Å². The average Bonchev–Trinajstić information content (AvgIpc) is 2.94. The predicted molar refractivity (Wildman–Crippen MR) is 69.1 cm³/mol. The van der Waals surface area contributed by atoms with E-state index >= 15 is 0 Å². The van der Waals surface area contributed by atoms with Crippen LogP contribution in [0.5, 0.6) is 0 Å². The molecule has 1 aromatic rings. The predicted octanol–water partition coefficient (Wildman–Crippen LogP) is 2.32. The van der Waals surface area contributed by atoms with E-state index in [1.54, 1.807) is 0 Å². The molecule has 0 bridgehead atoms. The van der Waals surface area contributed by atoms with Crippen molar-refractivity contribution in [3.63, 3.8) is 0 Å². The number of methoxy groups -OCH3 is 1. The lowest BCUT2D eigenvalue weighted by atomic mass is 9.96. The highest BCUT2D eigenvalue weighted by molar-refractivity contribution is 5.82. The Labute approximate surface area is 112 Å². The normalized spacial score (nSPS) is 21.9. The molecule has 1 aromatic carbocycles. The van der Waals surface area contributed by atoms with Crippen molar-refractivity contribution in [3.8, 4) is 0 Å². The van der Waals surface area contributed by atoms with E-state index in [2.05, 4.69) is 0 Å². The van der Waals surface area contributed by atoms with E-state index in [1.807, 2.05) is 30.3 Å². The Balaban J connectivity index is 1.90. The van der Waals surface area contributed by atoms with Gasteiger partial charge in [0, 0.05) is 0 Å². The third kappa shape index (κ3) is 3.34. The van der Waals surface area contributed by atoms with E-state index in [-0.39, 0.29) is 30.4 Å². The third-order valence-electron chi connectivity index (χ3n) is 3.55. The average molecular weight is 262 g/mol. The molecule has 0 saturated heterocycles. The molecule has 0 spiro atoms. The molecule has 2 atom stereocenters. The highest BCUT2D eigenvalue weighted by Gasteiger charge is 2.39. The lowest BCUT2D eigenvalue weighted by Crippen LogP contribution is -2.27. The molecule has 0 unspecified atom stereocenters. The van der Waals surface area contributed by atoms with Crippen LogP contribution >= 0.6 is 0 Å². The summed E-state index contributed by atoms with van der Waals surface area (Å²) in [4.78, 5) is 23.6. The van der Waals surface area contributed by atoms with Gasteiger partial charge in [-0.3, -0.25) is 9.59 Å². The molecular weight excluding hydrogens is 244 g/mol. The number of hydrogen-bond donors (Lipinski definition) is 0. The van der Waals surface area contributed by atoms with E-state index in [9.17, 15) is 9.59 Å². The SMILES string of the molecule is COC(=O)[C@H]1CCC[C@@H]1C(=O)OCc1ccccc1. The molecule has 4 heteroatoms. The molecular formula is C15H18O4. The summed E-state index contributed by atoms with van der Waals surface area (Å²) in [5.41, 5.74) is 0.948. The molecule has 0 aromatic heterocycles. The summed E-state index contributed by atoms with van der Waals surface area (Å²) in [7, 11) is 1.35. The van der Waals surface area contributed by atoms with Crippen molar-refractivity contribution in [2.24, 2.45) is 11.8 Å². The number of carbonyl (C=O) groups excluding carboxylic acids is 2. The summed E-state index contributed by atoms with van der Waals surface area (Å²) in [6, 6.07) is 9.51. The molecule has 0 aliphatic heterocycles. The topological polar surface area (TPSA) is 52.6 Å². The van der Waals surface area contributed by atoms with Crippen molar-refractivity contribution in [2.45, 2.75) is 25.9 Å². The summed E-state index contributed by atoms with van der Waals surface area (Å²) in [6.07, 6.45) is 2.27. The Morgan fingerprint density at radius 2 is 1.74 bits per heavy atom. The van der Waals surface area contributed by atoms with Gasteiger partial charge in [-0.25, -0.2) is 0 Å². The first kappa shape index (κ1) is 13.6. The van der Waals surface area contributed by atoms with Gasteiger partial charge in [0.15, 0.2) is 0 Å². The van der Waals surface area contributed by atoms with Gasteiger partial charge < -0.3 is 9.47 Å².